The van der Waals surface area contributed by atoms with Crippen LogP contribution in [0.1, 0.15) is 43.4 Å². The first-order valence-electron chi connectivity index (χ1n) is 7.68. The minimum absolute atomic E-state index is 0.222. The second-order valence-corrected chi connectivity index (χ2v) is 5.49. The molecule has 5 nitrogen and oxygen atoms in total. The van der Waals surface area contributed by atoms with E-state index in [1.165, 1.54) is 24.1 Å². The summed E-state index contributed by atoms with van der Waals surface area (Å²) >= 11 is 0. The Balaban J connectivity index is 0.000000282. The summed E-state index contributed by atoms with van der Waals surface area (Å²) in [6, 6.07) is 4.30. The van der Waals surface area contributed by atoms with E-state index >= 15 is 0 Å². The molecule has 0 aliphatic carbocycles. The van der Waals surface area contributed by atoms with Crippen LogP contribution < -0.4 is 5.32 Å². The fraction of sp³-hybridized carbons (Fsp3) is 0.625. The van der Waals surface area contributed by atoms with Gasteiger partial charge in [-0.15, -0.1) is 0 Å². The molecule has 2 atom stereocenters. The average molecular weight is 292 g/mol. The molecule has 5 heteroatoms. The lowest BCUT2D eigenvalue weighted by molar-refractivity contribution is -0.136. The zero-order chi connectivity index (χ0) is 15.1. The number of aliphatic carboxylic acids is 1. The average Bonchev–Trinajstić information content (AvgIpc) is 3.33. The summed E-state index contributed by atoms with van der Waals surface area (Å²) in [7, 11) is 0. The van der Waals surface area contributed by atoms with Crippen LogP contribution in [0, 0.1) is 0 Å². The molecular formula is C16H24N2O3. The van der Waals surface area contributed by atoms with Crippen LogP contribution in [0.15, 0.2) is 18.3 Å². The zero-order valence-corrected chi connectivity index (χ0v) is 12.5. The minimum atomic E-state index is -0.745. The van der Waals surface area contributed by atoms with Gasteiger partial charge in [0, 0.05) is 31.3 Å². The van der Waals surface area contributed by atoms with Gasteiger partial charge in [0.25, 0.3) is 0 Å². The van der Waals surface area contributed by atoms with Crippen LogP contribution in [0.3, 0.4) is 0 Å². The summed E-state index contributed by atoms with van der Waals surface area (Å²) in [6.45, 7) is 4.78. The van der Waals surface area contributed by atoms with Crippen molar-refractivity contribution in [3.05, 3.63) is 29.6 Å². The molecule has 21 heavy (non-hydrogen) atoms. The molecule has 2 aliphatic rings. The number of pyridine rings is 1. The largest absolute Gasteiger partial charge is 0.481 e. The van der Waals surface area contributed by atoms with E-state index < -0.39 is 5.97 Å². The molecule has 1 aromatic heterocycles. The van der Waals surface area contributed by atoms with Gasteiger partial charge in [0.15, 0.2) is 0 Å². The highest BCUT2D eigenvalue weighted by Crippen LogP contribution is 2.27. The molecule has 3 rings (SSSR count). The quantitative estimate of drug-likeness (QED) is 0.830. The predicted octanol–water partition coefficient (Wildman–Crippen LogP) is 1.97. The third-order valence-corrected chi connectivity index (χ3v) is 3.79. The third-order valence-electron chi connectivity index (χ3n) is 3.79. The molecule has 116 valence electrons. The Kier molecular flexibility index (Phi) is 6.14. The maximum atomic E-state index is 9.37. The Morgan fingerprint density at radius 2 is 2.33 bits per heavy atom. The van der Waals surface area contributed by atoms with Crippen LogP contribution >= 0.6 is 0 Å². The molecule has 0 amide bonds. The molecule has 2 N–H and O–H groups in total. The molecule has 0 aromatic carbocycles. The molecule has 0 saturated carbocycles. The fourth-order valence-electron chi connectivity index (χ4n) is 2.51. The van der Waals surface area contributed by atoms with Gasteiger partial charge < -0.3 is 15.2 Å². The van der Waals surface area contributed by atoms with E-state index in [1.54, 1.807) is 6.92 Å². The third kappa shape index (κ3) is 5.44. The van der Waals surface area contributed by atoms with Crippen molar-refractivity contribution < 1.29 is 14.6 Å². The Hall–Kier alpha value is -1.46. The molecule has 3 heterocycles. The maximum absolute atomic E-state index is 9.37. The molecule has 0 spiro atoms. The number of rotatable bonds is 4. The van der Waals surface area contributed by atoms with Crippen molar-refractivity contribution in [3.8, 4) is 0 Å². The van der Waals surface area contributed by atoms with Crippen molar-refractivity contribution in [1.29, 1.82) is 0 Å². The van der Waals surface area contributed by atoms with Crippen molar-refractivity contribution in [1.82, 2.24) is 10.3 Å². The first kappa shape index (κ1) is 15.9. The van der Waals surface area contributed by atoms with Crippen molar-refractivity contribution in [2.45, 2.75) is 44.6 Å². The number of carboxylic acid groups (broad SMARTS) is 1. The number of nitrogens with one attached hydrogen (secondary N) is 1. The molecule has 0 radical (unpaired) electrons. The van der Waals surface area contributed by atoms with Crippen molar-refractivity contribution in [2.24, 2.45) is 0 Å². The summed E-state index contributed by atoms with van der Waals surface area (Å²) in [6.07, 6.45) is 6.12. The van der Waals surface area contributed by atoms with Gasteiger partial charge in [-0.2, -0.15) is 0 Å². The van der Waals surface area contributed by atoms with E-state index in [1.807, 2.05) is 6.20 Å². The molecule has 2 unspecified atom stereocenters. The van der Waals surface area contributed by atoms with Crippen LogP contribution in [0.5, 0.6) is 0 Å². The molecule has 2 fully saturated rings. The lowest BCUT2D eigenvalue weighted by Gasteiger charge is -2.24. The summed E-state index contributed by atoms with van der Waals surface area (Å²) < 4.78 is 5.30. The lowest BCUT2D eigenvalue weighted by Crippen LogP contribution is -2.29. The smallest absolute Gasteiger partial charge is 0.303 e. The zero-order valence-electron chi connectivity index (χ0n) is 12.5. The highest BCUT2D eigenvalue weighted by atomic mass is 16.6. The Morgan fingerprint density at radius 1 is 1.57 bits per heavy atom. The molecule has 2 saturated heterocycles. The van der Waals surface area contributed by atoms with Crippen LogP contribution in [0.2, 0.25) is 0 Å². The Bertz CT molecular complexity index is 455. The first-order chi connectivity index (χ1) is 10.2. The highest BCUT2D eigenvalue weighted by molar-refractivity contribution is 5.66. The van der Waals surface area contributed by atoms with Crippen LogP contribution in [-0.2, 0) is 16.0 Å². The summed E-state index contributed by atoms with van der Waals surface area (Å²) in [5.41, 5.74) is 2.68. The maximum Gasteiger partial charge on any atom is 0.303 e. The van der Waals surface area contributed by atoms with Gasteiger partial charge in [-0.25, -0.2) is 0 Å². The molecule has 2 aliphatic heterocycles. The van der Waals surface area contributed by atoms with Crippen molar-refractivity contribution in [3.63, 3.8) is 0 Å². The number of hydrogen-bond acceptors (Lipinski definition) is 4. The van der Waals surface area contributed by atoms with Gasteiger partial charge in [0.1, 0.15) is 0 Å². The van der Waals surface area contributed by atoms with Gasteiger partial charge in [-0.05, 0) is 36.9 Å². The van der Waals surface area contributed by atoms with Crippen molar-refractivity contribution >= 4 is 5.97 Å². The number of ether oxygens (including phenoxy) is 1. The number of piperidine rings is 1. The highest BCUT2D eigenvalue weighted by Gasteiger charge is 2.26. The Labute approximate surface area is 125 Å². The van der Waals surface area contributed by atoms with Crippen LogP contribution in [0.25, 0.3) is 0 Å². The van der Waals surface area contributed by atoms with E-state index in [0.29, 0.717) is 12.0 Å². The summed E-state index contributed by atoms with van der Waals surface area (Å²) in [4.78, 5) is 13.9. The van der Waals surface area contributed by atoms with Gasteiger partial charge in [-0.3, -0.25) is 9.78 Å². The second kappa shape index (κ2) is 8.10. The number of epoxide rings is 1. The topological polar surface area (TPSA) is 74.8 Å². The SMILES string of the molecule is CCC(=O)O.c1cnc(CC2CO2)c(C2CCCNC2)c1. The van der Waals surface area contributed by atoms with E-state index in [-0.39, 0.29) is 6.42 Å². The summed E-state index contributed by atoms with van der Waals surface area (Å²) in [5.74, 6) is -0.0961. The minimum Gasteiger partial charge on any atom is -0.481 e. The van der Waals surface area contributed by atoms with Gasteiger partial charge in [0.2, 0.25) is 0 Å². The number of nitrogens with zero attached hydrogens (tertiary/aromatic N) is 1. The number of carboxylic acids is 1. The van der Waals surface area contributed by atoms with E-state index in [2.05, 4.69) is 22.4 Å². The second-order valence-electron chi connectivity index (χ2n) is 5.49. The number of aromatic nitrogens is 1. The number of hydrogen-bond donors (Lipinski definition) is 2. The van der Waals surface area contributed by atoms with Crippen LogP contribution in [0.4, 0.5) is 0 Å². The van der Waals surface area contributed by atoms with Gasteiger partial charge >= 0.3 is 5.97 Å². The fourth-order valence-corrected chi connectivity index (χ4v) is 2.51. The van der Waals surface area contributed by atoms with E-state index in [4.69, 9.17) is 9.84 Å². The van der Waals surface area contributed by atoms with Crippen LogP contribution in [-0.4, -0.2) is 41.9 Å². The predicted molar refractivity (Wildman–Crippen MR) is 80.5 cm³/mol. The normalized spacial score (nSPS) is 23.9. The monoisotopic (exact) mass is 292 g/mol. The molecule has 0 bridgehead atoms. The molecule has 1 aromatic rings. The van der Waals surface area contributed by atoms with Crippen molar-refractivity contribution in [2.75, 3.05) is 19.7 Å². The van der Waals surface area contributed by atoms with E-state index in [0.717, 1.165) is 26.1 Å². The van der Waals surface area contributed by atoms with Gasteiger partial charge in [0.05, 0.1) is 12.7 Å². The standard InChI is InChI=1S/C13H18N2O.C3H6O2/c1-3-10(8-14-5-1)12-4-2-6-15-13(12)7-11-9-16-11;1-2-3(4)5/h2,4,6,10-11,14H,1,3,5,7-9H2;2H2,1H3,(H,4,5). The number of carbonyl (C=O) groups is 1. The lowest BCUT2D eigenvalue weighted by atomic mass is 9.89. The van der Waals surface area contributed by atoms with E-state index in [9.17, 15) is 4.79 Å². The Morgan fingerprint density at radius 3 is 2.90 bits per heavy atom. The molecular weight excluding hydrogens is 268 g/mol. The van der Waals surface area contributed by atoms with Gasteiger partial charge in [-0.1, -0.05) is 13.0 Å². The first-order valence-corrected chi connectivity index (χ1v) is 7.68. The summed E-state index contributed by atoms with van der Waals surface area (Å²) in [5, 5.41) is 11.2.